The summed E-state index contributed by atoms with van der Waals surface area (Å²) in [7, 11) is 3.77. The number of nitrogens with two attached hydrogens (primary N) is 1. The fraction of sp³-hybridized carbons (Fsp3) is 0.226. The molecule has 3 aromatic carbocycles. The Morgan fingerprint density at radius 3 is 2.02 bits per heavy atom. The van der Waals surface area contributed by atoms with E-state index in [1.54, 1.807) is 42.5 Å². The van der Waals surface area contributed by atoms with Crippen molar-refractivity contribution in [1.82, 2.24) is 14.0 Å². The third-order valence-corrected chi connectivity index (χ3v) is 7.42. The molecule has 5 rings (SSSR count). The van der Waals surface area contributed by atoms with E-state index in [0.29, 0.717) is 28.1 Å². The number of aromatic nitrogens is 2. The van der Waals surface area contributed by atoms with Gasteiger partial charge < -0.3 is 10.6 Å². The van der Waals surface area contributed by atoms with Crippen LogP contribution >= 0.6 is 11.3 Å². The molecule has 9 heteroatoms. The molecule has 0 saturated carbocycles. The van der Waals surface area contributed by atoms with Gasteiger partial charge in [0.15, 0.2) is 0 Å². The second-order valence-corrected chi connectivity index (χ2v) is 9.99. The van der Waals surface area contributed by atoms with Crippen molar-refractivity contribution in [1.29, 1.82) is 0 Å². The zero-order valence-electron chi connectivity index (χ0n) is 22.2. The molecule has 40 heavy (non-hydrogen) atoms. The Morgan fingerprint density at radius 1 is 0.850 bits per heavy atom. The summed E-state index contributed by atoms with van der Waals surface area (Å²) in [6.07, 6.45) is 0. The maximum atomic E-state index is 14.7. The molecule has 2 heterocycles. The van der Waals surface area contributed by atoms with Crippen LogP contribution < -0.4 is 17.0 Å². The van der Waals surface area contributed by atoms with Crippen LogP contribution in [0.25, 0.3) is 26.3 Å². The first-order valence-corrected chi connectivity index (χ1v) is 13.4. The summed E-state index contributed by atoms with van der Waals surface area (Å²) in [6.45, 7) is 4.04. The van der Waals surface area contributed by atoms with Gasteiger partial charge in [0.05, 0.1) is 17.6 Å². The Morgan fingerprint density at radius 2 is 1.45 bits per heavy atom. The Hall–Kier alpha value is -4.08. The fourth-order valence-electron chi connectivity index (χ4n) is 4.39. The Kier molecular flexibility index (Phi) is 9.78. The summed E-state index contributed by atoms with van der Waals surface area (Å²) in [4.78, 5) is 30.8. The molecule has 6 nitrogen and oxygen atoms in total. The maximum Gasteiger partial charge on any atom is 0.337 e. The van der Waals surface area contributed by atoms with Crippen LogP contribution in [0.3, 0.4) is 0 Å². The van der Waals surface area contributed by atoms with Crippen molar-refractivity contribution in [3.05, 3.63) is 116 Å². The SMILES string of the molecule is C.CC.CN(C)Cc1c(-c2ccc(N)cc2)sc2c1c(=O)n(-c1ccccc1)c(=O)n2Cc1c(F)cccc1F. The van der Waals surface area contributed by atoms with Crippen LogP contribution in [0.5, 0.6) is 0 Å². The Labute approximate surface area is 236 Å². The van der Waals surface area contributed by atoms with Gasteiger partial charge in [-0.05, 0) is 61.6 Å². The number of anilines is 1. The minimum atomic E-state index is -0.763. The van der Waals surface area contributed by atoms with E-state index in [-0.39, 0.29) is 19.5 Å². The van der Waals surface area contributed by atoms with Crippen molar-refractivity contribution in [3.8, 4) is 16.1 Å². The first-order chi connectivity index (χ1) is 18.8. The lowest BCUT2D eigenvalue weighted by atomic mass is 10.1. The topological polar surface area (TPSA) is 73.3 Å². The van der Waals surface area contributed by atoms with Crippen LogP contribution in [0.15, 0.2) is 82.4 Å². The normalized spacial score (nSPS) is 10.8. The number of rotatable bonds is 6. The number of benzene rings is 3. The van der Waals surface area contributed by atoms with Gasteiger partial charge in [-0.25, -0.2) is 18.1 Å². The molecule has 0 fully saturated rings. The van der Waals surface area contributed by atoms with Crippen LogP contribution in [-0.4, -0.2) is 28.1 Å². The number of para-hydroxylation sites is 1. The van der Waals surface area contributed by atoms with Crippen LogP contribution in [-0.2, 0) is 13.1 Å². The first-order valence-electron chi connectivity index (χ1n) is 12.6. The van der Waals surface area contributed by atoms with E-state index in [1.807, 2.05) is 45.0 Å². The molecule has 0 saturated heterocycles. The predicted octanol–water partition coefficient (Wildman–Crippen LogP) is 6.51. The van der Waals surface area contributed by atoms with Gasteiger partial charge in [-0.3, -0.25) is 9.36 Å². The van der Waals surface area contributed by atoms with Crippen LogP contribution in [0.1, 0.15) is 32.4 Å². The Balaban J connectivity index is 0.00000144. The molecular weight excluding hydrogens is 530 g/mol. The van der Waals surface area contributed by atoms with Crippen molar-refractivity contribution < 1.29 is 8.78 Å². The monoisotopic (exact) mass is 564 g/mol. The van der Waals surface area contributed by atoms with Gasteiger partial charge in [-0.2, -0.15) is 0 Å². The smallest absolute Gasteiger partial charge is 0.337 e. The number of thiophene rings is 1. The van der Waals surface area contributed by atoms with E-state index in [0.717, 1.165) is 32.7 Å². The van der Waals surface area contributed by atoms with E-state index in [4.69, 9.17) is 5.73 Å². The van der Waals surface area contributed by atoms with Gasteiger partial charge in [0.25, 0.3) is 5.56 Å². The van der Waals surface area contributed by atoms with E-state index < -0.39 is 22.9 Å². The Bertz CT molecular complexity index is 1700. The third-order valence-electron chi connectivity index (χ3n) is 6.11. The number of halogens is 2. The highest BCUT2D eigenvalue weighted by molar-refractivity contribution is 7.22. The van der Waals surface area contributed by atoms with E-state index in [2.05, 4.69) is 0 Å². The zero-order chi connectivity index (χ0) is 28.3. The minimum absolute atomic E-state index is 0. The lowest BCUT2D eigenvalue weighted by Gasteiger charge is -2.15. The summed E-state index contributed by atoms with van der Waals surface area (Å²) in [5, 5.41) is 0.339. The largest absolute Gasteiger partial charge is 0.399 e. The second-order valence-electron chi connectivity index (χ2n) is 8.99. The van der Waals surface area contributed by atoms with Gasteiger partial charge in [0.1, 0.15) is 16.5 Å². The summed E-state index contributed by atoms with van der Waals surface area (Å²) in [5.41, 5.74) is 7.01. The van der Waals surface area contributed by atoms with E-state index in [1.165, 1.54) is 22.0 Å². The van der Waals surface area contributed by atoms with Crippen molar-refractivity contribution in [2.75, 3.05) is 19.8 Å². The molecule has 0 aliphatic carbocycles. The average molecular weight is 565 g/mol. The zero-order valence-corrected chi connectivity index (χ0v) is 23.1. The number of fused-ring (bicyclic) bond motifs is 1. The standard InChI is InChI=1S/C28H24F2N4O2S.C2H6.CH4/c1-32(2)15-21-24-26(35)34(19-7-4-3-5-8-19)28(36)33(16-20-22(29)9-6-10-23(20)30)27(24)37-25(21)17-11-13-18(31)14-12-17;1-2;/h3-14H,15-16,31H2,1-2H3;1-2H3;1H4. The maximum absolute atomic E-state index is 14.7. The summed E-state index contributed by atoms with van der Waals surface area (Å²) < 4.78 is 31.7. The highest BCUT2D eigenvalue weighted by Crippen LogP contribution is 2.38. The lowest BCUT2D eigenvalue weighted by molar-refractivity contribution is 0.405. The third kappa shape index (κ3) is 5.76. The van der Waals surface area contributed by atoms with Crippen molar-refractivity contribution >= 4 is 27.2 Å². The molecule has 210 valence electrons. The molecule has 0 aliphatic rings. The van der Waals surface area contributed by atoms with Gasteiger partial charge in [-0.15, -0.1) is 11.3 Å². The van der Waals surface area contributed by atoms with Gasteiger partial charge in [-0.1, -0.05) is 57.7 Å². The van der Waals surface area contributed by atoms with Crippen LogP contribution in [0.2, 0.25) is 0 Å². The molecule has 5 aromatic rings. The molecular formula is C31H34F2N4O2S. The molecule has 0 spiro atoms. The predicted molar refractivity (Wildman–Crippen MR) is 162 cm³/mol. The number of hydrogen-bond acceptors (Lipinski definition) is 5. The van der Waals surface area contributed by atoms with Crippen molar-refractivity contribution in [2.24, 2.45) is 0 Å². The van der Waals surface area contributed by atoms with Gasteiger partial charge >= 0.3 is 5.69 Å². The molecule has 0 bridgehead atoms. The second kappa shape index (κ2) is 12.8. The molecule has 0 radical (unpaired) electrons. The van der Waals surface area contributed by atoms with E-state index >= 15 is 0 Å². The molecule has 2 aromatic heterocycles. The van der Waals surface area contributed by atoms with E-state index in [9.17, 15) is 18.4 Å². The summed E-state index contributed by atoms with van der Waals surface area (Å²) in [6, 6.07) is 19.4. The molecule has 0 amide bonds. The van der Waals surface area contributed by atoms with Gasteiger partial charge in [0.2, 0.25) is 0 Å². The quantitative estimate of drug-likeness (QED) is 0.239. The number of nitrogen functional groups attached to an aromatic ring is 1. The van der Waals surface area contributed by atoms with Crippen LogP contribution in [0.4, 0.5) is 14.5 Å². The lowest BCUT2D eigenvalue weighted by Crippen LogP contribution is -2.39. The highest BCUT2D eigenvalue weighted by Gasteiger charge is 2.25. The highest BCUT2D eigenvalue weighted by atomic mass is 32.1. The van der Waals surface area contributed by atoms with Crippen molar-refractivity contribution in [3.63, 3.8) is 0 Å². The summed E-state index contributed by atoms with van der Waals surface area (Å²) >= 11 is 1.25. The summed E-state index contributed by atoms with van der Waals surface area (Å²) in [5.74, 6) is -1.53. The molecule has 0 atom stereocenters. The molecule has 0 unspecified atom stereocenters. The number of hydrogen-bond donors (Lipinski definition) is 1. The molecule has 2 N–H and O–H groups in total. The molecule has 0 aliphatic heterocycles. The fourth-order valence-corrected chi connectivity index (χ4v) is 5.69. The first kappa shape index (κ1) is 30.5. The van der Waals surface area contributed by atoms with Crippen molar-refractivity contribution in [2.45, 2.75) is 34.4 Å². The average Bonchev–Trinajstić information content (AvgIpc) is 3.29. The van der Waals surface area contributed by atoms with Gasteiger partial charge in [0, 0.05) is 22.7 Å². The number of nitrogens with zero attached hydrogens (tertiary/aromatic N) is 3. The van der Waals surface area contributed by atoms with Crippen LogP contribution in [0, 0.1) is 11.6 Å². The minimum Gasteiger partial charge on any atom is -0.399 e.